The number of rotatable bonds is 12. The molecule has 0 bridgehead atoms. The average molecular weight is 473 g/mol. The first-order valence-corrected chi connectivity index (χ1v) is 12.4. The largest absolute Gasteiger partial charge is 0.385 e. The Hall–Kier alpha value is -3.56. The number of ether oxygens (including phenoxy) is 1. The van der Waals surface area contributed by atoms with Gasteiger partial charge in [0.25, 0.3) is 5.91 Å². The number of nitriles is 1. The van der Waals surface area contributed by atoms with E-state index in [9.17, 15) is 10.1 Å². The van der Waals surface area contributed by atoms with Crippen molar-refractivity contribution in [3.8, 4) is 17.3 Å². The number of amides is 1. The summed E-state index contributed by atoms with van der Waals surface area (Å²) in [5.74, 6) is -0.368. The van der Waals surface area contributed by atoms with Crippen LogP contribution < -0.4 is 10.2 Å². The van der Waals surface area contributed by atoms with Crippen molar-refractivity contribution >= 4 is 28.4 Å². The van der Waals surface area contributed by atoms with Crippen molar-refractivity contribution in [3.05, 3.63) is 59.8 Å². The molecule has 1 heterocycles. The fourth-order valence-electron chi connectivity index (χ4n) is 4.27. The van der Waals surface area contributed by atoms with Gasteiger partial charge in [0.1, 0.15) is 11.6 Å². The van der Waals surface area contributed by atoms with Crippen LogP contribution in [0.1, 0.15) is 38.8 Å². The summed E-state index contributed by atoms with van der Waals surface area (Å²) in [7, 11) is 3.57. The Morgan fingerprint density at radius 2 is 1.80 bits per heavy atom. The number of fused-ring (bicyclic) bond motifs is 1. The summed E-state index contributed by atoms with van der Waals surface area (Å²) in [4.78, 5) is 14.8. The molecule has 0 unspecified atom stereocenters. The van der Waals surface area contributed by atoms with E-state index in [-0.39, 0.29) is 11.5 Å². The number of aromatic nitrogens is 1. The SMILES string of the molecule is CCCN(CCC)c1ccc2cc(-c3ccc(/C=C(\C#N)C(=O)NCCCOC)n3C)ccc2c1. The second kappa shape index (κ2) is 12.8. The van der Waals surface area contributed by atoms with Gasteiger partial charge in [-0.15, -0.1) is 0 Å². The highest BCUT2D eigenvalue weighted by molar-refractivity contribution is 6.01. The number of anilines is 1. The van der Waals surface area contributed by atoms with E-state index in [1.165, 1.54) is 16.5 Å². The first kappa shape index (κ1) is 26.1. The maximum atomic E-state index is 12.4. The molecule has 0 fully saturated rings. The number of benzene rings is 2. The van der Waals surface area contributed by atoms with Gasteiger partial charge in [0, 0.05) is 57.5 Å². The molecule has 0 spiro atoms. The monoisotopic (exact) mass is 472 g/mol. The van der Waals surface area contributed by atoms with Crippen LogP contribution in [-0.2, 0) is 16.6 Å². The van der Waals surface area contributed by atoms with Gasteiger partial charge < -0.3 is 19.5 Å². The third kappa shape index (κ3) is 6.52. The fraction of sp³-hybridized carbons (Fsp3) is 0.379. The van der Waals surface area contributed by atoms with Gasteiger partial charge in [0.15, 0.2) is 0 Å². The van der Waals surface area contributed by atoms with Crippen LogP contribution in [-0.4, -0.2) is 43.8 Å². The first-order valence-electron chi connectivity index (χ1n) is 12.4. The number of nitrogens with one attached hydrogen (secondary N) is 1. The quantitative estimate of drug-likeness (QED) is 0.214. The van der Waals surface area contributed by atoms with Gasteiger partial charge >= 0.3 is 0 Å². The molecular formula is C29H36N4O2. The smallest absolute Gasteiger partial charge is 0.262 e. The number of hydrogen-bond donors (Lipinski definition) is 1. The van der Waals surface area contributed by atoms with Crippen molar-refractivity contribution in [2.45, 2.75) is 33.1 Å². The van der Waals surface area contributed by atoms with E-state index < -0.39 is 0 Å². The van der Waals surface area contributed by atoms with Gasteiger partial charge in [-0.05, 0) is 72.0 Å². The Balaban J connectivity index is 1.83. The predicted molar refractivity (Wildman–Crippen MR) is 144 cm³/mol. The fourth-order valence-corrected chi connectivity index (χ4v) is 4.27. The number of carbonyl (C=O) groups excluding carboxylic acids is 1. The van der Waals surface area contributed by atoms with Crippen LogP contribution in [0.3, 0.4) is 0 Å². The van der Waals surface area contributed by atoms with Crippen LogP contribution in [0, 0.1) is 11.3 Å². The highest BCUT2D eigenvalue weighted by Crippen LogP contribution is 2.29. The van der Waals surface area contributed by atoms with Crippen molar-refractivity contribution in [2.75, 3.05) is 38.3 Å². The standard InChI is InChI=1S/C29H36N4O2/c1-5-15-33(16-6-2)27-11-10-22-18-24(9-8-23(22)19-27)28-13-12-26(32(28)3)20-25(21-30)29(34)31-14-7-17-35-4/h8-13,18-20H,5-7,14-17H2,1-4H3,(H,31,34)/b25-20+. The third-order valence-corrected chi connectivity index (χ3v) is 6.10. The zero-order valence-electron chi connectivity index (χ0n) is 21.3. The van der Waals surface area contributed by atoms with E-state index >= 15 is 0 Å². The van der Waals surface area contributed by atoms with Gasteiger partial charge in [-0.3, -0.25) is 4.79 Å². The molecule has 35 heavy (non-hydrogen) atoms. The van der Waals surface area contributed by atoms with Crippen molar-refractivity contribution < 1.29 is 9.53 Å². The summed E-state index contributed by atoms with van der Waals surface area (Å²) < 4.78 is 7.00. The normalized spacial score (nSPS) is 11.5. The summed E-state index contributed by atoms with van der Waals surface area (Å²) >= 11 is 0. The third-order valence-electron chi connectivity index (χ3n) is 6.10. The lowest BCUT2D eigenvalue weighted by Crippen LogP contribution is -2.26. The summed E-state index contributed by atoms with van der Waals surface area (Å²) in [6, 6.07) is 19.2. The van der Waals surface area contributed by atoms with Crippen molar-refractivity contribution in [2.24, 2.45) is 7.05 Å². The van der Waals surface area contributed by atoms with Crippen LogP contribution >= 0.6 is 0 Å². The molecule has 0 saturated heterocycles. The molecule has 6 heteroatoms. The van der Waals surface area contributed by atoms with Crippen LogP contribution in [0.15, 0.2) is 54.1 Å². The van der Waals surface area contributed by atoms with Crippen molar-refractivity contribution in [1.29, 1.82) is 5.26 Å². The molecule has 0 atom stereocenters. The first-order chi connectivity index (χ1) is 17.0. The zero-order chi connectivity index (χ0) is 25.2. The number of carbonyl (C=O) groups is 1. The van der Waals surface area contributed by atoms with E-state index in [2.05, 4.69) is 60.5 Å². The zero-order valence-corrected chi connectivity index (χ0v) is 21.3. The van der Waals surface area contributed by atoms with E-state index in [0.717, 1.165) is 42.9 Å². The Morgan fingerprint density at radius 3 is 2.49 bits per heavy atom. The summed E-state index contributed by atoms with van der Waals surface area (Å²) in [5, 5.41) is 14.7. The minimum absolute atomic E-state index is 0.0879. The van der Waals surface area contributed by atoms with Crippen LogP contribution in [0.25, 0.3) is 28.1 Å². The lowest BCUT2D eigenvalue weighted by Gasteiger charge is -2.24. The molecule has 2 aromatic carbocycles. The van der Waals surface area contributed by atoms with Gasteiger partial charge in [-0.1, -0.05) is 32.0 Å². The minimum atomic E-state index is -0.368. The van der Waals surface area contributed by atoms with Crippen LogP contribution in [0.4, 0.5) is 5.69 Å². The van der Waals surface area contributed by atoms with Gasteiger partial charge in [0.05, 0.1) is 0 Å². The van der Waals surface area contributed by atoms with Crippen molar-refractivity contribution in [3.63, 3.8) is 0 Å². The molecule has 0 aliphatic heterocycles. The van der Waals surface area contributed by atoms with Crippen LogP contribution in [0.5, 0.6) is 0 Å². The average Bonchev–Trinajstić information content (AvgIpc) is 3.24. The van der Waals surface area contributed by atoms with E-state index in [0.29, 0.717) is 19.6 Å². The Kier molecular flexibility index (Phi) is 9.51. The topological polar surface area (TPSA) is 70.3 Å². The van der Waals surface area contributed by atoms with E-state index in [1.54, 1.807) is 13.2 Å². The summed E-state index contributed by atoms with van der Waals surface area (Å²) in [6.07, 6.45) is 4.60. The molecule has 3 aromatic rings. The van der Waals surface area contributed by atoms with Gasteiger partial charge in [-0.25, -0.2) is 0 Å². The van der Waals surface area contributed by atoms with Crippen LogP contribution in [0.2, 0.25) is 0 Å². The molecule has 1 amide bonds. The van der Waals surface area contributed by atoms with Gasteiger partial charge in [0.2, 0.25) is 0 Å². The molecule has 0 saturated carbocycles. The lowest BCUT2D eigenvalue weighted by molar-refractivity contribution is -0.117. The highest BCUT2D eigenvalue weighted by atomic mass is 16.5. The van der Waals surface area contributed by atoms with E-state index in [1.807, 2.05) is 29.8 Å². The maximum absolute atomic E-state index is 12.4. The molecule has 6 nitrogen and oxygen atoms in total. The molecule has 1 aromatic heterocycles. The number of nitrogens with zero attached hydrogens (tertiary/aromatic N) is 3. The molecule has 0 aliphatic carbocycles. The number of hydrogen-bond acceptors (Lipinski definition) is 4. The van der Waals surface area contributed by atoms with Crippen molar-refractivity contribution in [1.82, 2.24) is 9.88 Å². The Morgan fingerprint density at radius 1 is 1.09 bits per heavy atom. The summed E-state index contributed by atoms with van der Waals surface area (Å²) in [6.45, 7) is 7.59. The molecule has 3 rings (SSSR count). The molecular weight excluding hydrogens is 436 g/mol. The second-order valence-corrected chi connectivity index (χ2v) is 8.71. The molecule has 1 N–H and O–H groups in total. The Bertz CT molecular complexity index is 1210. The summed E-state index contributed by atoms with van der Waals surface area (Å²) in [5.41, 5.74) is 4.27. The lowest BCUT2D eigenvalue weighted by atomic mass is 10.0. The van der Waals surface area contributed by atoms with Gasteiger partial charge in [-0.2, -0.15) is 5.26 Å². The highest BCUT2D eigenvalue weighted by Gasteiger charge is 2.12. The number of methoxy groups -OCH3 is 1. The Labute approximate surface area is 208 Å². The van der Waals surface area contributed by atoms with E-state index in [4.69, 9.17) is 4.74 Å². The molecule has 0 aliphatic rings. The predicted octanol–water partition coefficient (Wildman–Crippen LogP) is 5.53. The molecule has 0 radical (unpaired) electrons. The second-order valence-electron chi connectivity index (χ2n) is 8.71. The minimum Gasteiger partial charge on any atom is -0.385 e. The molecule has 184 valence electrons. The maximum Gasteiger partial charge on any atom is 0.262 e.